The third kappa shape index (κ3) is 7.05. The summed E-state index contributed by atoms with van der Waals surface area (Å²) in [6.45, 7) is -1.35. The van der Waals surface area contributed by atoms with Crippen LogP contribution < -0.4 is 15.4 Å². The number of nitrogens with zero attached hydrogens (tertiary/aromatic N) is 3. The van der Waals surface area contributed by atoms with E-state index >= 15 is 0 Å². The van der Waals surface area contributed by atoms with Crippen LogP contribution in [-0.4, -0.2) is 34.8 Å². The van der Waals surface area contributed by atoms with Crippen molar-refractivity contribution >= 4 is 5.96 Å². The summed E-state index contributed by atoms with van der Waals surface area (Å²) in [6, 6.07) is 6.05. The summed E-state index contributed by atoms with van der Waals surface area (Å²) in [6.07, 6.45) is -1.92. The molecule has 0 saturated carbocycles. The molecule has 2 N–H and O–H groups in total. The second-order valence-electron chi connectivity index (χ2n) is 5.62. The van der Waals surface area contributed by atoms with Gasteiger partial charge >= 0.3 is 12.7 Å². The van der Waals surface area contributed by atoms with Gasteiger partial charge in [-0.05, 0) is 24.6 Å². The van der Waals surface area contributed by atoms with Crippen LogP contribution in [0.2, 0.25) is 0 Å². The highest BCUT2D eigenvalue weighted by Gasteiger charge is 2.28. The number of hydrogen-bond donors (Lipinski definition) is 2. The van der Waals surface area contributed by atoms with Crippen molar-refractivity contribution in [3.05, 3.63) is 48.0 Å². The number of aromatic nitrogens is 2. The summed E-state index contributed by atoms with van der Waals surface area (Å²) >= 11 is 0. The summed E-state index contributed by atoms with van der Waals surface area (Å²) in [7, 11) is 0. The number of ether oxygens (including phenoxy) is 1. The topological polar surface area (TPSA) is 63.5 Å². The quantitative estimate of drug-likeness (QED) is 0.401. The van der Waals surface area contributed by atoms with Crippen molar-refractivity contribution in [3.63, 3.8) is 0 Å². The van der Waals surface area contributed by atoms with Crippen molar-refractivity contribution in [1.29, 1.82) is 0 Å². The van der Waals surface area contributed by atoms with Gasteiger partial charge < -0.3 is 15.4 Å². The molecule has 0 bridgehead atoms. The largest absolute Gasteiger partial charge is 0.484 e. The number of hydrogen-bond acceptors (Lipinski definition) is 3. The number of guanidine groups is 1. The van der Waals surface area contributed by atoms with Gasteiger partial charge in [0, 0.05) is 18.9 Å². The minimum Gasteiger partial charge on any atom is -0.484 e. The molecule has 1 aromatic carbocycles. The Bertz CT molecular complexity index is 758. The van der Waals surface area contributed by atoms with Gasteiger partial charge in [-0.15, -0.1) is 0 Å². The summed E-state index contributed by atoms with van der Waals surface area (Å²) in [4.78, 5) is 8.20. The lowest BCUT2D eigenvalue weighted by atomic mass is 10.2. The minimum atomic E-state index is -4.39. The molecule has 0 radical (unpaired) electrons. The molecule has 0 fully saturated rings. The van der Waals surface area contributed by atoms with Gasteiger partial charge in [0.2, 0.25) is 0 Å². The third-order valence-electron chi connectivity index (χ3n) is 3.46. The highest BCUT2D eigenvalue weighted by molar-refractivity contribution is 5.79. The zero-order valence-corrected chi connectivity index (χ0v) is 15.0. The van der Waals surface area contributed by atoms with Gasteiger partial charge in [-0.25, -0.2) is 9.98 Å². The first-order valence-corrected chi connectivity index (χ1v) is 8.39. The number of aliphatic imine (C=N–C) groups is 1. The third-order valence-corrected chi connectivity index (χ3v) is 3.46. The van der Waals surface area contributed by atoms with Crippen LogP contribution in [0.1, 0.15) is 24.9 Å². The van der Waals surface area contributed by atoms with E-state index in [0.717, 1.165) is 10.1 Å². The van der Waals surface area contributed by atoms with Crippen LogP contribution in [0.15, 0.2) is 41.7 Å². The lowest BCUT2D eigenvalue weighted by Gasteiger charge is -2.12. The van der Waals surface area contributed by atoms with Crippen molar-refractivity contribution in [2.75, 3.05) is 13.2 Å². The Kier molecular flexibility index (Phi) is 7.59. The molecule has 0 aliphatic heterocycles. The Morgan fingerprint density at radius 3 is 2.54 bits per heavy atom. The van der Waals surface area contributed by atoms with Crippen molar-refractivity contribution in [1.82, 2.24) is 20.2 Å². The predicted molar refractivity (Wildman–Crippen MR) is 93.1 cm³/mol. The molecule has 0 atom stereocenters. The number of benzene rings is 1. The van der Waals surface area contributed by atoms with Gasteiger partial charge in [-0.1, -0.05) is 12.1 Å². The molecule has 0 spiro atoms. The number of imidazole rings is 1. The van der Waals surface area contributed by atoms with E-state index in [1.807, 2.05) is 6.92 Å². The number of nitrogens with one attached hydrogen (secondary N) is 2. The maximum Gasteiger partial charge on any atom is 0.422 e. The van der Waals surface area contributed by atoms with Crippen molar-refractivity contribution in [3.8, 4) is 5.75 Å². The fourth-order valence-electron chi connectivity index (χ4n) is 2.19. The summed E-state index contributed by atoms with van der Waals surface area (Å²) in [5.74, 6) is 0.657. The Morgan fingerprint density at radius 1 is 1.21 bits per heavy atom. The van der Waals surface area contributed by atoms with Crippen LogP contribution in [0.25, 0.3) is 0 Å². The zero-order valence-electron chi connectivity index (χ0n) is 15.0. The summed E-state index contributed by atoms with van der Waals surface area (Å²) in [5.41, 5.74) is 0.741. The highest BCUT2D eigenvalue weighted by atomic mass is 19.4. The van der Waals surface area contributed by atoms with E-state index < -0.39 is 19.3 Å². The van der Waals surface area contributed by atoms with Crippen molar-refractivity contribution in [2.45, 2.75) is 32.7 Å². The van der Waals surface area contributed by atoms with Gasteiger partial charge in [-0.2, -0.15) is 22.0 Å². The molecule has 1 heterocycles. The Hall–Kier alpha value is -2.85. The number of rotatable bonds is 8. The molecule has 0 aliphatic rings. The van der Waals surface area contributed by atoms with Crippen LogP contribution >= 0.6 is 0 Å². The SMILES string of the molecule is CCNC(=NCc1ccc(OCC(F)(F)F)cc1)NCc1nccn1C(F)F. The average molecular weight is 405 g/mol. The molecule has 1 aromatic heterocycles. The molecule has 0 amide bonds. The van der Waals surface area contributed by atoms with Crippen LogP contribution in [0, 0.1) is 0 Å². The molecule has 6 nitrogen and oxygen atoms in total. The second kappa shape index (κ2) is 9.90. The molecule has 2 rings (SSSR count). The smallest absolute Gasteiger partial charge is 0.422 e. The fraction of sp³-hybridized carbons (Fsp3) is 0.412. The zero-order chi connectivity index (χ0) is 20.6. The van der Waals surface area contributed by atoms with Gasteiger partial charge in [0.05, 0.1) is 13.1 Å². The normalized spacial score (nSPS) is 12.3. The second-order valence-corrected chi connectivity index (χ2v) is 5.62. The van der Waals surface area contributed by atoms with E-state index in [2.05, 4.69) is 25.3 Å². The van der Waals surface area contributed by atoms with Crippen LogP contribution in [0.3, 0.4) is 0 Å². The van der Waals surface area contributed by atoms with E-state index in [4.69, 9.17) is 0 Å². The first-order chi connectivity index (χ1) is 13.3. The van der Waals surface area contributed by atoms with Crippen molar-refractivity contribution < 1.29 is 26.7 Å². The number of alkyl halides is 5. The molecule has 0 saturated heterocycles. The molecule has 28 heavy (non-hydrogen) atoms. The van der Waals surface area contributed by atoms with Crippen LogP contribution in [0.4, 0.5) is 22.0 Å². The molecule has 0 unspecified atom stereocenters. The summed E-state index contributed by atoms with van der Waals surface area (Å²) < 4.78 is 67.5. The molecule has 0 aliphatic carbocycles. The van der Waals surface area contributed by atoms with Crippen molar-refractivity contribution in [2.24, 2.45) is 4.99 Å². The fourth-order valence-corrected chi connectivity index (χ4v) is 2.19. The first-order valence-electron chi connectivity index (χ1n) is 8.39. The van der Waals surface area contributed by atoms with Gasteiger partial charge in [-0.3, -0.25) is 4.57 Å². The molecular weight excluding hydrogens is 385 g/mol. The highest BCUT2D eigenvalue weighted by Crippen LogP contribution is 2.19. The Balaban J connectivity index is 1.93. The minimum absolute atomic E-state index is 0.0490. The van der Waals surface area contributed by atoms with Crippen LogP contribution in [-0.2, 0) is 13.1 Å². The average Bonchev–Trinajstić information content (AvgIpc) is 3.11. The summed E-state index contributed by atoms with van der Waals surface area (Å²) in [5, 5.41) is 5.89. The number of halogens is 5. The van der Waals surface area contributed by atoms with E-state index in [-0.39, 0.29) is 24.7 Å². The van der Waals surface area contributed by atoms with E-state index in [0.29, 0.717) is 12.5 Å². The van der Waals surface area contributed by atoms with Crippen LogP contribution in [0.5, 0.6) is 5.75 Å². The molecule has 2 aromatic rings. The first kappa shape index (κ1) is 21.5. The Morgan fingerprint density at radius 2 is 1.93 bits per heavy atom. The van der Waals surface area contributed by atoms with E-state index in [1.165, 1.54) is 24.5 Å². The van der Waals surface area contributed by atoms with Gasteiger partial charge in [0.1, 0.15) is 11.6 Å². The lowest BCUT2D eigenvalue weighted by molar-refractivity contribution is -0.153. The molecule has 11 heteroatoms. The van der Waals surface area contributed by atoms with E-state index in [9.17, 15) is 22.0 Å². The monoisotopic (exact) mass is 405 g/mol. The van der Waals surface area contributed by atoms with E-state index in [1.54, 1.807) is 12.1 Å². The van der Waals surface area contributed by atoms with Gasteiger partial charge in [0.15, 0.2) is 12.6 Å². The predicted octanol–water partition coefficient (Wildman–Crippen LogP) is 3.47. The lowest BCUT2D eigenvalue weighted by Crippen LogP contribution is -2.37. The maximum atomic E-state index is 12.8. The maximum absolute atomic E-state index is 12.8. The standard InChI is InChI=1S/C17H20F5N5O/c1-2-23-16(26-10-14-24-7-8-27(14)15(18)19)25-9-12-3-5-13(6-4-12)28-11-17(20,21)22/h3-8,15H,2,9-11H2,1H3,(H2,23,25,26). The van der Waals surface area contributed by atoms with Gasteiger partial charge in [0.25, 0.3) is 0 Å². The molecular formula is C17H20F5N5O. The molecule has 154 valence electrons. The Labute approximate surface area is 158 Å².